The lowest BCUT2D eigenvalue weighted by atomic mass is 10.2. The second-order valence-electron chi connectivity index (χ2n) is 7.44. The molecule has 0 spiro atoms. The third-order valence-electron chi connectivity index (χ3n) is 4.87. The SMILES string of the molecule is Cc1cc(Nc2cc(N3CCN(C)CC3)nc(/C=C/c3cc(O)cc(O)c3)n2)n[nH]1. The second kappa shape index (κ2) is 8.42. The quantitative estimate of drug-likeness (QED) is 0.510. The number of aromatic nitrogens is 4. The van der Waals surface area contributed by atoms with Crippen molar-refractivity contribution in [2.24, 2.45) is 0 Å². The number of phenols is 2. The van der Waals surface area contributed by atoms with Gasteiger partial charge in [-0.3, -0.25) is 5.10 Å². The number of hydrogen-bond acceptors (Lipinski definition) is 8. The average molecular weight is 407 g/mol. The Morgan fingerprint density at radius 3 is 2.33 bits per heavy atom. The molecule has 1 aromatic carbocycles. The number of phenolic OH excluding ortho intramolecular Hbond substituents is 2. The number of anilines is 3. The summed E-state index contributed by atoms with van der Waals surface area (Å²) in [5.41, 5.74) is 1.60. The van der Waals surface area contributed by atoms with E-state index in [-0.39, 0.29) is 11.5 Å². The van der Waals surface area contributed by atoms with Gasteiger partial charge in [-0.05, 0) is 37.7 Å². The predicted octanol–water partition coefficient (Wildman–Crippen LogP) is 2.59. The van der Waals surface area contributed by atoms with E-state index in [0.717, 1.165) is 37.7 Å². The van der Waals surface area contributed by atoms with Crippen molar-refractivity contribution in [3.05, 3.63) is 47.4 Å². The number of hydrogen-bond donors (Lipinski definition) is 4. The number of benzene rings is 1. The number of piperazine rings is 1. The minimum absolute atomic E-state index is 0.00184. The van der Waals surface area contributed by atoms with Crippen molar-refractivity contribution in [1.29, 1.82) is 0 Å². The van der Waals surface area contributed by atoms with Gasteiger partial charge in [-0.1, -0.05) is 6.08 Å². The fraction of sp³-hybridized carbons (Fsp3) is 0.286. The maximum Gasteiger partial charge on any atom is 0.156 e. The van der Waals surface area contributed by atoms with Crippen LogP contribution in [0.25, 0.3) is 12.2 Å². The molecule has 4 rings (SSSR count). The van der Waals surface area contributed by atoms with E-state index in [0.29, 0.717) is 23.0 Å². The minimum atomic E-state index is -0.00184. The first-order valence-corrected chi connectivity index (χ1v) is 9.77. The van der Waals surface area contributed by atoms with Gasteiger partial charge in [0.05, 0.1) is 0 Å². The highest BCUT2D eigenvalue weighted by Crippen LogP contribution is 2.24. The molecule has 9 heteroatoms. The highest BCUT2D eigenvalue weighted by molar-refractivity contribution is 5.70. The van der Waals surface area contributed by atoms with Crippen LogP contribution in [-0.2, 0) is 0 Å². The summed E-state index contributed by atoms with van der Waals surface area (Å²) in [5.74, 6) is 2.68. The number of aryl methyl sites for hydroxylation is 1. The van der Waals surface area contributed by atoms with Crippen LogP contribution in [0.15, 0.2) is 30.3 Å². The Bertz CT molecular complexity index is 1040. The lowest BCUT2D eigenvalue weighted by molar-refractivity contribution is 0.312. The number of aromatic amines is 1. The van der Waals surface area contributed by atoms with Crippen LogP contribution in [0.4, 0.5) is 17.5 Å². The summed E-state index contributed by atoms with van der Waals surface area (Å²) >= 11 is 0. The van der Waals surface area contributed by atoms with Crippen molar-refractivity contribution < 1.29 is 10.2 Å². The van der Waals surface area contributed by atoms with E-state index < -0.39 is 0 Å². The van der Waals surface area contributed by atoms with Gasteiger partial charge in [0.1, 0.15) is 23.1 Å². The molecule has 1 saturated heterocycles. The van der Waals surface area contributed by atoms with Gasteiger partial charge in [0.2, 0.25) is 0 Å². The van der Waals surface area contributed by atoms with Crippen molar-refractivity contribution >= 4 is 29.6 Å². The average Bonchev–Trinajstić information content (AvgIpc) is 3.10. The van der Waals surface area contributed by atoms with Gasteiger partial charge in [-0.25, -0.2) is 9.97 Å². The Hall–Kier alpha value is -3.59. The Kier molecular flexibility index (Phi) is 5.53. The summed E-state index contributed by atoms with van der Waals surface area (Å²) in [4.78, 5) is 13.8. The molecule has 3 heterocycles. The Balaban J connectivity index is 1.64. The lowest BCUT2D eigenvalue weighted by Gasteiger charge is -2.33. The highest BCUT2D eigenvalue weighted by Gasteiger charge is 2.17. The molecule has 156 valence electrons. The molecule has 4 N–H and O–H groups in total. The number of rotatable bonds is 5. The van der Waals surface area contributed by atoms with Gasteiger partial charge >= 0.3 is 0 Å². The van der Waals surface area contributed by atoms with Gasteiger partial charge in [0.25, 0.3) is 0 Å². The second-order valence-corrected chi connectivity index (χ2v) is 7.44. The molecule has 0 aliphatic carbocycles. The van der Waals surface area contributed by atoms with E-state index >= 15 is 0 Å². The normalized spacial score (nSPS) is 15.1. The summed E-state index contributed by atoms with van der Waals surface area (Å²) in [7, 11) is 2.11. The zero-order valence-electron chi connectivity index (χ0n) is 17.0. The third kappa shape index (κ3) is 4.87. The smallest absolute Gasteiger partial charge is 0.156 e. The molecule has 0 bridgehead atoms. The fourth-order valence-corrected chi connectivity index (χ4v) is 3.29. The van der Waals surface area contributed by atoms with Crippen LogP contribution in [0, 0.1) is 6.92 Å². The summed E-state index contributed by atoms with van der Waals surface area (Å²) < 4.78 is 0. The van der Waals surface area contributed by atoms with Gasteiger partial charge in [-0.2, -0.15) is 5.10 Å². The van der Waals surface area contributed by atoms with Crippen LogP contribution in [-0.4, -0.2) is 68.5 Å². The summed E-state index contributed by atoms with van der Waals surface area (Å²) in [5, 5.41) is 29.7. The third-order valence-corrected chi connectivity index (χ3v) is 4.87. The van der Waals surface area contributed by atoms with E-state index in [2.05, 4.69) is 37.3 Å². The molecule has 0 radical (unpaired) electrons. The Morgan fingerprint density at radius 1 is 0.933 bits per heavy atom. The van der Waals surface area contributed by atoms with Crippen LogP contribution >= 0.6 is 0 Å². The van der Waals surface area contributed by atoms with Crippen molar-refractivity contribution in [3.63, 3.8) is 0 Å². The van der Waals surface area contributed by atoms with Gasteiger partial charge in [-0.15, -0.1) is 0 Å². The first-order valence-electron chi connectivity index (χ1n) is 9.77. The zero-order valence-corrected chi connectivity index (χ0v) is 17.0. The highest BCUT2D eigenvalue weighted by atomic mass is 16.3. The van der Waals surface area contributed by atoms with Crippen molar-refractivity contribution in [2.45, 2.75) is 6.92 Å². The van der Waals surface area contributed by atoms with E-state index in [4.69, 9.17) is 4.98 Å². The van der Waals surface area contributed by atoms with E-state index in [1.807, 2.05) is 19.1 Å². The maximum absolute atomic E-state index is 9.68. The van der Waals surface area contributed by atoms with Crippen molar-refractivity contribution in [1.82, 2.24) is 25.1 Å². The zero-order chi connectivity index (χ0) is 21.1. The van der Waals surface area contributed by atoms with E-state index in [1.54, 1.807) is 24.3 Å². The number of likely N-dealkylation sites (N-methyl/N-ethyl adjacent to an activating group) is 1. The fourth-order valence-electron chi connectivity index (χ4n) is 3.29. The maximum atomic E-state index is 9.68. The Labute approximate surface area is 174 Å². The van der Waals surface area contributed by atoms with Crippen LogP contribution in [0.3, 0.4) is 0 Å². The van der Waals surface area contributed by atoms with Gasteiger partial charge in [0.15, 0.2) is 11.6 Å². The van der Waals surface area contributed by atoms with Crippen LogP contribution in [0.5, 0.6) is 11.5 Å². The summed E-state index contributed by atoms with van der Waals surface area (Å²) in [6.45, 7) is 5.65. The first-order chi connectivity index (χ1) is 14.4. The molecule has 1 fully saturated rings. The monoisotopic (exact) mass is 407 g/mol. The molecule has 0 amide bonds. The number of aromatic hydroxyl groups is 2. The van der Waals surface area contributed by atoms with Gasteiger partial charge in [0, 0.05) is 50.1 Å². The molecule has 1 aliphatic rings. The van der Waals surface area contributed by atoms with E-state index in [9.17, 15) is 10.2 Å². The summed E-state index contributed by atoms with van der Waals surface area (Å²) in [6.07, 6.45) is 3.51. The number of nitrogens with one attached hydrogen (secondary N) is 2. The Morgan fingerprint density at radius 2 is 1.67 bits per heavy atom. The molecule has 30 heavy (non-hydrogen) atoms. The summed E-state index contributed by atoms with van der Waals surface area (Å²) in [6, 6.07) is 8.24. The molecule has 9 nitrogen and oxygen atoms in total. The van der Waals surface area contributed by atoms with Crippen LogP contribution in [0.2, 0.25) is 0 Å². The molecule has 0 atom stereocenters. The largest absolute Gasteiger partial charge is 0.508 e. The van der Waals surface area contributed by atoms with Crippen LogP contribution in [0.1, 0.15) is 17.1 Å². The van der Waals surface area contributed by atoms with Crippen molar-refractivity contribution in [2.75, 3.05) is 43.4 Å². The molecule has 0 unspecified atom stereocenters. The molecule has 0 saturated carbocycles. The minimum Gasteiger partial charge on any atom is -0.508 e. The van der Waals surface area contributed by atoms with E-state index in [1.165, 1.54) is 6.07 Å². The molecule has 1 aliphatic heterocycles. The molecular formula is C21H25N7O2. The molecular weight excluding hydrogens is 382 g/mol. The number of H-pyrrole nitrogens is 1. The van der Waals surface area contributed by atoms with Crippen molar-refractivity contribution in [3.8, 4) is 11.5 Å². The predicted molar refractivity (Wildman–Crippen MR) is 117 cm³/mol. The molecule has 2 aromatic heterocycles. The number of nitrogens with zero attached hydrogens (tertiary/aromatic N) is 5. The molecule has 3 aromatic rings. The van der Waals surface area contributed by atoms with Crippen LogP contribution < -0.4 is 10.2 Å². The van der Waals surface area contributed by atoms with Gasteiger partial charge < -0.3 is 25.3 Å². The topological polar surface area (TPSA) is 113 Å². The lowest BCUT2D eigenvalue weighted by Crippen LogP contribution is -2.44. The standard InChI is InChI=1S/C21H25N7O2/c1-14-9-20(26-25-14)23-19-13-21(28-7-5-27(2)6-8-28)24-18(22-19)4-3-15-10-16(29)12-17(30)11-15/h3-4,9-13,29-30H,5-8H2,1-2H3,(H2,22,23,24,25,26)/b4-3+. The first kappa shape index (κ1) is 19.7.